The molecule has 8 heteroatoms. The Balaban J connectivity index is 1.84. The summed E-state index contributed by atoms with van der Waals surface area (Å²) < 4.78 is 12.7. The fourth-order valence-corrected chi connectivity index (χ4v) is 3.10. The van der Waals surface area contributed by atoms with Gasteiger partial charge in [-0.05, 0) is 30.2 Å². The Morgan fingerprint density at radius 2 is 2.03 bits per heavy atom. The molecule has 2 aromatic heterocycles. The molecule has 0 aliphatic carbocycles. The van der Waals surface area contributed by atoms with E-state index in [1.165, 1.54) is 12.6 Å². The second kappa shape index (κ2) is 7.59. The predicted octanol–water partition coefficient (Wildman–Crippen LogP) is 3.07. The molecule has 0 unspecified atom stereocenters. The van der Waals surface area contributed by atoms with Crippen LogP contribution in [0, 0.1) is 0 Å². The van der Waals surface area contributed by atoms with Gasteiger partial charge < -0.3 is 14.3 Å². The molecule has 0 atom stereocenters. The quantitative estimate of drug-likeness (QED) is 0.538. The number of hydrogen-bond acceptors (Lipinski definition) is 6. The first-order chi connectivity index (χ1) is 14.1. The molecule has 0 fully saturated rings. The van der Waals surface area contributed by atoms with Crippen LogP contribution < -0.4 is 10.2 Å². The van der Waals surface area contributed by atoms with Crippen molar-refractivity contribution in [1.82, 2.24) is 14.8 Å². The van der Waals surface area contributed by atoms with Crippen molar-refractivity contribution in [1.29, 1.82) is 0 Å². The van der Waals surface area contributed by atoms with Gasteiger partial charge in [0.2, 0.25) is 5.43 Å². The van der Waals surface area contributed by atoms with Crippen LogP contribution in [0.1, 0.15) is 12.5 Å². The van der Waals surface area contributed by atoms with Crippen LogP contribution in [0.3, 0.4) is 0 Å². The van der Waals surface area contributed by atoms with Crippen LogP contribution in [0.25, 0.3) is 28.0 Å². The predicted molar refractivity (Wildman–Crippen MR) is 105 cm³/mol. The van der Waals surface area contributed by atoms with Crippen LogP contribution in [-0.2, 0) is 11.2 Å². The lowest BCUT2D eigenvalue weighted by molar-refractivity contribution is -0.139. The molecular formula is C21H17N3O5. The first-order valence-electron chi connectivity index (χ1n) is 8.97. The fraction of sp³-hybridized carbons (Fsp3) is 0.143. The molecule has 2 aromatic carbocycles. The number of aliphatic carboxylic acids is 1. The van der Waals surface area contributed by atoms with Gasteiger partial charge in [-0.25, -0.2) is 4.79 Å². The van der Waals surface area contributed by atoms with E-state index < -0.39 is 12.6 Å². The highest BCUT2D eigenvalue weighted by Crippen LogP contribution is 2.27. The SMILES string of the molecule is CCc1cc2c(=O)c(-c3nncn3-c3ccccc3)coc2cc1OCC(=O)O. The Kier molecular flexibility index (Phi) is 4.82. The minimum Gasteiger partial charge on any atom is -0.481 e. The van der Waals surface area contributed by atoms with Crippen LogP contribution in [0.4, 0.5) is 0 Å². The number of fused-ring (bicyclic) bond motifs is 1. The van der Waals surface area contributed by atoms with Crippen molar-refractivity contribution < 1.29 is 19.1 Å². The molecule has 1 N–H and O–H groups in total. The Morgan fingerprint density at radius 1 is 1.24 bits per heavy atom. The number of aryl methyl sites for hydroxylation is 1. The summed E-state index contributed by atoms with van der Waals surface area (Å²) in [5, 5.41) is 17.3. The summed E-state index contributed by atoms with van der Waals surface area (Å²) in [5.41, 5.74) is 1.87. The summed E-state index contributed by atoms with van der Waals surface area (Å²) in [6, 6.07) is 12.7. The number of nitrogens with zero attached hydrogens (tertiary/aromatic N) is 3. The molecule has 0 bridgehead atoms. The number of benzene rings is 2. The van der Waals surface area contributed by atoms with Gasteiger partial charge >= 0.3 is 5.97 Å². The summed E-state index contributed by atoms with van der Waals surface area (Å²) in [6.45, 7) is 1.42. The van der Waals surface area contributed by atoms with Crippen LogP contribution in [0.5, 0.6) is 5.75 Å². The van der Waals surface area contributed by atoms with Gasteiger partial charge in [-0.15, -0.1) is 10.2 Å². The molecule has 146 valence electrons. The molecule has 2 heterocycles. The number of para-hydroxylation sites is 1. The summed E-state index contributed by atoms with van der Waals surface area (Å²) in [5.74, 6) is -0.328. The molecule has 0 radical (unpaired) electrons. The number of rotatable bonds is 6. The monoisotopic (exact) mass is 391 g/mol. The maximum Gasteiger partial charge on any atom is 0.341 e. The fourth-order valence-electron chi connectivity index (χ4n) is 3.10. The van der Waals surface area contributed by atoms with Gasteiger partial charge in [0.15, 0.2) is 12.4 Å². The van der Waals surface area contributed by atoms with E-state index in [-0.39, 0.29) is 11.0 Å². The van der Waals surface area contributed by atoms with Crippen LogP contribution in [0.15, 0.2) is 64.3 Å². The van der Waals surface area contributed by atoms with Crippen molar-refractivity contribution >= 4 is 16.9 Å². The first kappa shape index (κ1) is 18.4. The lowest BCUT2D eigenvalue weighted by Gasteiger charge is -2.11. The second-order valence-corrected chi connectivity index (χ2v) is 6.33. The maximum atomic E-state index is 13.2. The normalized spacial score (nSPS) is 10.9. The Hall–Kier alpha value is -3.94. The molecule has 0 amide bonds. The van der Waals surface area contributed by atoms with Crippen LogP contribution >= 0.6 is 0 Å². The van der Waals surface area contributed by atoms with Crippen molar-refractivity contribution in [2.75, 3.05) is 6.61 Å². The smallest absolute Gasteiger partial charge is 0.341 e. The van der Waals surface area contributed by atoms with Crippen molar-refractivity contribution in [3.8, 4) is 22.8 Å². The summed E-state index contributed by atoms with van der Waals surface area (Å²) in [4.78, 5) is 24.0. The topological polar surface area (TPSA) is 107 Å². The van der Waals surface area contributed by atoms with Crippen LogP contribution in [-0.4, -0.2) is 32.4 Å². The molecular weight excluding hydrogens is 374 g/mol. The number of aromatic nitrogens is 3. The van der Waals surface area contributed by atoms with Crippen LogP contribution in [0.2, 0.25) is 0 Å². The van der Waals surface area contributed by atoms with E-state index in [1.54, 1.807) is 16.7 Å². The molecule has 8 nitrogen and oxygen atoms in total. The number of carboxylic acid groups (broad SMARTS) is 1. The minimum atomic E-state index is -1.08. The molecule has 0 aliphatic heterocycles. The first-order valence-corrected chi connectivity index (χ1v) is 8.97. The zero-order valence-corrected chi connectivity index (χ0v) is 15.5. The zero-order chi connectivity index (χ0) is 20.4. The third-order valence-corrected chi connectivity index (χ3v) is 4.51. The van der Waals surface area contributed by atoms with E-state index >= 15 is 0 Å². The summed E-state index contributed by atoms with van der Waals surface area (Å²) in [7, 11) is 0. The number of ether oxygens (including phenoxy) is 1. The van der Waals surface area contributed by atoms with E-state index in [9.17, 15) is 9.59 Å². The summed E-state index contributed by atoms with van der Waals surface area (Å²) >= 11 is 0. The Bertz CT molecular complexity index is 1240. The molecule has 0 saturated heterocycles. The molecule has 4 aromatic rings. The van der Waals surface area contributed by atoms with E-state index in [2.05, 4.69) is 10.2 Å². The third-order valence-electron chi connectivity index (χ3n) is 4.51. The number of carbonyl (C=O) groups is 1. The lowest BCUT2D eigenvalue weighted by Crippen LogP contribution is -2.12. The highest BCUT2D eigenvalue weighted by Gasteiger charge is 2.18. The third kappa shape index (κ3) is 3.47. The van der Waals surface area contributed by atoms with Gasteiger partial charge in [0.05, 0.1) is 5.39 Å². The molecule has 0 spiro atoms. The average molecular weight is 391 g/mol. The Morgan fingerprint density at radius 3 is 2.76 bits per heavy atom. The summed E-state index contributed by atoms with van der Waals surface area (Å²) in [6.07, 6.45) is 3.43. The standard InChI is InChI=1S/C21H17N3O5/c1-2-13-8-15-18(9-17(13)29-11-19(25)26)28-10-16(20(15)27)21-23-22-12-24(21)14-6-4-3-5-7-14/h3-10,12H,2,11H2,1H3,(H,25,26). The van der Waals surface area contributed by atoms with Gasteiger partial charge in [0, 0.05) is 11.8 Å². The maximum absolute atomic E-state index is 13.2. The zero-order valence-electron chi connectivity index (χ0n) is 15.5. The number of hydrogen-bond donors (Lipinski definition) is 1. The second-order valence-electron chi connectivity index (χ2n) is 6.33. The van der Waals surface area contributed by atoms with Crippen molar-refractivity contribution in [3.63, 3.8) is 0 Å². The highest BCUT2D eigenvalue weighted by atomic mass is 16.5. The van der Waals surface area contributed by atoms with Crippen molar-refractivity contribution in [2.45, 2.75) is 13.3 Å². The minimum absolute atomic E-state index is 0.254. The molecule has 4 rings (SSSR count). The molecule has 29 heavy (non-hydrogen) atoms. The van der Waals surface area contributed by atoms with Gasteiger partial charge in [-0.1, -0.05) is 25.1 Å². The van der Waals surface area contributed by atoms with Gasteiger partial charge in [0.1, 0.15) is 29.5 Å². The highest BCUT2D eigenvalue weighted by molar-refractivity contribution is 5.83. The van der Waals surface area contributed by atoms with Gasteiger partial charge in [0.25, 0.3) is 0 Å². The lowest BCUT2D eigenvalue weighted by atomic mass is 10.1. The average Bonchev–Trinajstić information content (AvgIpc) is 3.22. The van der Waals surface area contributed by atoms with Crippen molar-refractivity contribution in [3.05, 3.63) is 70.8 Å². The van der Waals surface area contributed by atoms with Gasteiger partial charge in [-0.3, -0.25) is 9.36 Å². The van der Waals surface area contributed by atoms with E-state index in [0.29, 0.717) is 34.5 Å². The molecule has 0 saturated carbocycles. The largest absolute Gasteiger partial charge is 0.481 e. The van der Waals surface area contributed by atoms with E-state index in [4.69, 9.17) is 14.3 Å². The Labute approximate surface area is 165 Å². The number of carboxylic acids is 1. The van der Waals surface area contributed by atoms with Gasteiger partial charge in [-0.2, -0.15) is 0 Å². The van der Waals surface area contributed by atoms with Crippen molar-refractivity contribution in [2.24, 2.45) is 0 Å². The van der Waals surface area contributed by atoms with E-state index in [0.717, 1.165) is 5.69 Å². The molecule has 0 aliphatic rings. The van der Waals surface area contributed by atoms with E-state index in [1.807, 2.05) is 37.3 Å².